The molecule has 0 amide bonds. The fraction of sp³-hybridized carbons (Fsp3) is 0.345. The summed E-state index contributed by atoms with van der Waals surface area (Å²) in [6.07, 6.45) is 5.45. The molecule has 1 atom stereocenters. The second-order valence-electron chi connectivity index (χ2n) is 9.93. The van der Waals surface area contributed by atoms with Gasteiger partial charge < -0.3 is 15.5 Å². The van der Waals surface area contributed by atoms with E-state index in [9.17, 15) is 0 Å². The lowest BCUT2D eigenvalue weighted by Gasteiger charge is -2.39. The number of nitrogens with zero attached hydrogens (tertiary/aromatic N) is 7. The number of anilines is 3. The Kier molecular flexibility index (Phi) is 7.19. The van der Waals surface area contributed by atoms with E-state index in [4.69, 9.17) is 4.98 Å². The first-order chi connectivity index (χ1) is 18.7. The molecule has 0 saturated carbocycles. The van der Waals surface area contributed by atoms with Crippen molar-refractivity contribution >= 4 is 17.3 Å². The first-order valence-electron chi connectivity index (χ1n) is 13.3. The molecule has 2 saturated heterocycles. The minimum Gasteiger partial charge on any atom is -0.369 e. The van der Waals surface area contributed by atoms with Crippen LogP contribution in [-0.4, -0.2) is 75.1 Å². The van der Waals surface area contributed by atoms with E-state index in [0.717, 1.165) is 56.5 Å². The predicted octanol–water partition coefficient (Wildman–Crippen LogP) is 3.46. The van der Waals surface area contributed by atoms with Crippen LogP contribution in [0.5, 0.6) is 0 Å². The number of hydrogen-bond donors (Lipinski definition) is 2. The van der Waals surface area contributed by atoms with E-state index >= 15 is 0 Å². The molecule has 2 aliphatic rings. The number of rotatable bonds is 7. The SMILES string of the molecule is Cc1cccc(-c2nccc(Nc3ccnc(Cc4ccc(N5CCN(C6CCNC6)CC5)cc4)n3)n2)n1. The van der Waals surface area contributed by atoms with Crippen LogP contribution in [0.3, 0.4) is 0 Å². The third-order valence-corrected chi connectivity index (χ3v) is 7.26. The number of piperazine rings is 1. The molecule has 0 spiro atoms. The Bertz CT molecular complexity index is 1360. The molecular formula is C29H33N9. The fourth-order valence-electron chi connectivity index (χ4n) is 5.21. The quantitative estimate of drug-likeness (QED) is 0.390. The average Bonchev–Trinajstić information content (AvgIpc) is 3.49. The van der Waals surface area contributed by atoms with Crippen LogP contribution in [0.4, 0.5) is 17.3 Å². The summed E-state index contributed by atoms with van der Waals surface area (Å²) in [7, 11) is 0. The maximum atomic E-state index is 4.72. The normalized spacial score (nSPS) is 18.0. The van der Waals surface area contributed by atoms with Gasteiger partial charge in [-0.25, -0.2) is 24.9 Å². The van der Waals surface area contributed by atoms with Crippen molar-refractivity contribution in [2.75, 3.05) is 49.5 Å². The lowest BCUT2D eigenvalue weighted by Crippen LogP contribution is -2.51. The lowest BCUT2D eigenvalue weighted by molar-refractivity contribution is 0.196. The van der Waals surface area contributed by atoms with Crippen molar-refractivity contribution in [1.29, 1.82) is 0 Å². The van der Waals surface area contributed by atoms with Gasteiger partial charge in [0.1, 0.15) is 23.2 Å². The van der Waals surface area contributed by atoms with Crippen molar-refractivity contribution in [2.45, 2.75) is 25.8 Å². The van der Waals surface area contributed by atoms with Gasteiger partial charge in [-0.2, -0.15) is 0 Å². The zero-order chi connectivity index (χ0) is 25.7. The monoisotopic (exact) mass is 507 g/mol. The van der Waals surface area contributed by atoms with Crippen molar-refractivity contribution < 1.29 is 0 Å². The van der Waals surface area contributed by atoms with E-state index < -0.39 is 0 Å². The van der Waals surface area contributed by atoms with E-state index in [1.807, 2.05) is 37.3 Å². The van der Waals surface area contributed by atoms with Crippen LogP contribution < -0.4 is 15.5 Å². The molecule has 0 radical (unpaired) electrons. The van der Waals surface area contributed by atoms with Crippen molar-refractivity contribution in [3.8, 4) is 11.5 Å². The lowest BCUT2D eigenvalue weighted by atomic mass is 10.1. The van der Waals surface area contributed by atoms with Crippen LogP contribution in [0, 0.1) is 6.92 Å². The summed E-state index contributed by atoms with van der Waals surface area (Å²) < 4.78 is 0. The second-order valence-corrected chi connectivity index (χ2v) is 9.93. The average molecular weight is 508 g/mol. The summed E-state index contributed by atoms with van der Waals surface area (Å²) in [6.45, 7) is 8.68. The van der Waals surface area contributed by atoms with Crippen molar-refractivity contribution in [3.05, 3.63) is 84.1 Å². The van der Waals surface area contributed by atoms with Crippen LogP contribution in [0.1, 0.15) is 23.5 Å². The van der Waals surface area contributed by atoms with Gasteiger partial charge in [0.2, 0.25) is 0 Å². The van der Waals surface area contributed by atoms with Crippen LogP contribution >= 0.6 is 0 Å². The van der Waals surface area contributed by atoms with Crippen molar-refractivity contribution in [1.82, 2.24) is 35.1 Å². The number of benzene rings is 1. The molecule has 2 N–H and O–H groups in total. The molecule has 0 aliphatic carbocycles. The standard InChI is InChI=1S/C29H33N9/c1-21-3-2-4-25(33-21)29-32-14-11-27(36-29)34-26-10-13-31-28(35-26)19-22-5-7-23(8-6-22)37-15-17-38(18-16-37)24-9-12-30-20-24/h2-8,10-11,13-14,24,30H,9,12,15-20H2,1H3,(H,31,32,34,35,36). The van der Waals surface area contributed by atoms with E-state index in [1.165, 1.54) is 17.7 Å². The van der Waals surface area contributed by atoms with Crippen molar-refractivity contribution in [2.24, 2.45) is 0 Å². The Balaban J connectivity index is 1.07. The van der Waals surface area contributed by atoms with Crippen LogP contribution in [-0.2, 0) is 6.42 Å². The van der Waals surface area contributed by atoms with Gasteiger partial charge in [0.25, 0.3) is 0 Å². The third-order valence-electron chi connectivity index (χ3n) is 7.26. The second kappa shape index (κ2) is 11.2. The van der Waals surface area contributed by atoms with Crippen LogP contribution in [0.15, 0.2) is 67.0 Å². The molecule has 1 unspecified atom stereocenters. The highest BCUT2D eigenvalue weighted by atomic mass is 15.3. The van der Waals surface area contributed by atoms with E-state index in [-0.39, 0.29) is 0 Å². The molecule has 0 bridgehead atoms. The number of aryl methyl sites for hydroxylation is 1. The van der Waals surface area contributed by atoms with E-state index in [1.54, 1.807) is 12.4 Å². The molecule has 4 aromatic rings. The number of nitrogens with one attached hydrogen (secondary N) is 2. The number of hydrogen-bond acceptors (Lipinski definition) is 9. The van der Waals surface area contributed by atoms with Gasteiger partial charge in [-0.3, -0.25) is 4.90 Å². The predicted molar refractivity (Wildman–Crippen MR) is 150 cm³/mol. The molecule has 9 heteroatoms. The molecule has 5 heterocycles. The van der Waals surface area contributed by atoms with E-state index in [0.29, 0.717) is 29.9 Å². The number of aromatic nitrogens is 5. The molecule has 38 heavy (non-hydrogen) atoms. The zero-order valence-electron chi connectivity index (χ0n) is 21.7. The molecular weight excluding hydrogens is 474 g/mol. The topological polar surface area (TPSA) is 95.0 Å². The Morgan fingerprint density at radius 1 is 0.868 bits per heavy atom. The van der Waals surface area contributed by atoms with E-state index in [2.05, 4.69) is 64.6 Å². The molecule has 6 rings (SSSR count). The highest BCUT2D eigenvalue weighted by Crippen LogP contribution is 2.21. The highest BCUT2D eigenvalue weighted by Gasteiger charge is 2.26. The minimum atomic E-state index is 0.574. The maximum Gasteiger partial charge on any atom is 0.180 e. The summed E-state index contributed by atoms with van der Waals surface area (Å²) in [6, 6.07) is 19.1. The summed E-state index contributed by atoms with van der Waals surface area (Å²) >= 11 is 0. The van der Waals surface area contributed by atoms with Gasteiger partial charge in [-0.15, -0.1) is 0 Å². The summed E-state index contributed by atoms with van der Waals surface area (Å²) in [5, 5.41) is 6.77. The molecule has 194 valence electrons. The van der Waals surface area contributed by atoms with Crippen molar-refractivity contribution in [3.63, 3.8) is 0 Å². The smallest absolute Gasteiger partial charge is 0.180 e. The zero-order valence-corrected chi connectivity index (χ0v) is 21.7. The van der Waals surface area contributed by atoms with Crippen LogP contribution in [0.2, 0.25) is 0 Å². The third kappa shape index (κ3) is 5.79. The summed E-state index contributed by atoms with van der Waals surface area (Å²) in [5.74, 6) is 2.70. The van der Waals surface area contributed by atoms with Gasteiger partial charge in [-0.1, -0.05) is 18.2 Å². The maximum absolute atomic E-state index is 4.72. The molecule has 2 fully saturated rings. The molecule has 9 nitrogen and oxygen atoms in total. The molecule has 1 aromatic carbocycles. The summed E-state index contributed by atoms with van der Waals surface area (Å²) in [4.78, 5) is 27.9. The fourth-order valence-corrected chi connectivity index (χ4v) is 5.21. The Morgan fingerprint density at radius 2 is 1.66 bits per heavy atom. The Morgan fingerprint density at radius 3 is 2.42 bits per heavy atom. The van der Waals surface area contributed by atoms with Gasteiger partial charge >= 0.3 is 0 Å². The van der Waals surface area contributed by atoms with Gasteiger partial charge in [-0.05, 0) is 61.9 Å². The Hall–Kier alpha value is -3.95. The van der Waals surface area contributed by atoms with Gasteiger partial charge in [0, 0.05) is 69.0 Å². The summed E-state index contributed by atoms with van der Waals surface area (Å²) in [5.41, 5.74) is 4.15. The molecule has 2 aliphatic heterocycles. The first-order valence-corrected chi connectivity index (χ1v) is 13.3. The molecule has 3 aromatic heterocycles. The first kappa shape index (κ1) is 24.4. The van der Waals surface area contributed by atoms with Gasteiger partial charge in [0.05, 0.1) is 0 Å². The van der Waals surface area contributed by atoms with Gasteiger partial charge in [0.15, 0.2) is 5.82 Å². The number of pyridine rings is 1. The highest BCUT2D eigenvalue weighted by molar-refractivity contribution is 5.56. The van der Waals surface area contributed by atoms with Crippen LogP contribution in [0.25, 0.3) is 11.5 Å². The Labute approximate surface area is 223 Å². The largest absolute Gasteiger partial charge is 0.369 e. The minimum absolute atomic E-state index is 0.574.